The number of imidazole rings is 1. The summed E-state index contributed by atoms with van der Waals surface area (Å²) < 4.78 is 2.00. The van der Waals surface area contributed by atoms with E-state index in [9.17, 15) is 9.59 Å². The van der Waals surface area contributed by atoms with E-state index in [-0.39, 0.29) is 12.5 Å². The third kappa shape index (κ3) is 7.96. The van der Waals surface area contributed by atoms with Crippen LogP contribution in [0.2, 0.25) is 0 Å². The number of rotatable bonds is 9. The number of nitrogens with zero attached hydrogens (tertiary/aromatic N) is 2. The molecular weight excluding hydrogens is 272 g/mol. The van der Waals surface area contributed by atoms with Gasteiger partial charge in [-0.05, 0) is 33.1 Å². The molecule has 2 amide bonds. The highest BCUT2D eigenvalue weighted by atomic mass is 16.4. The average molecular weight is 296 g/mol. The van der Waals surface area contributed by atoms with Gasteiger partial charge in [0.05, 0.1) is 6.33 Å². The highest BCUT2D eigenvalue weighted by Crippen LogP contribution is 2.10. The number of urea groups is 1. The minimum atomic E-state index is -0.857. The Morgan fingerprint density at radius 1 is 1.33 bits per heavy atom. The Hall–Kier alpha value is -2.05. The van der Waals surface area contributed by atoms with Gasteiger partial charge in [-0.2, -0.15) is 0 Å². The van der Waals surface area contributed by atoms with Gasteiger partial charge in [0.25, 0.3) is 0 Å². The van der Waals surface area contributed by atoms with Crippen LogP contribution in [0.5, 0.6) is 0 Å². The van der Waals surface area contributed by atoms with Crippen molar-refractivity contribution in [1.29, 1.82) is 0 Å². The van der Waals surface area contributed by atoms with Crippen LogP contribution in [0.15, 0.2) is 18.7 Å². The monoisotopic (exact) mass is 296 g/mol. The number of unbranched alkanes of at least 4 members (excludes halogenated alkanes) is 1. The minimum Gasteiger partial charge on any atom is -0.481 e. The smallest absolute Gasteiger partial charge is 0.315 e. The van der Waals surface area contributed by atoms with Crippen LogP contribution in [0.3, 0.4) is 0 Å². The number of carbonyl (C=O) groups excluding carboxylic acids is 1. The van der Waals surface area contributed by atoms with E-state index in [1.807, 2.05) is 24.6 Å². The highest BCUT2D eigenvalue weighted by molar-refractivity contribution is 5.74. The van der Waals surface area contributed by atoms with E-state index >= 15 is 0 Å². The zero-order valence-corrected chi connectivity index (χ0v) is 12.6. The summed E-state index contributed by atoms with van der Waals surface area (Å²) in [5.41, 5.74) is -0.528. The van der Waals surface area contributed by atoms with Gasteiger partial charge in [0.15, 0.2) is 0 Å². The molecule has 0 bridgehead atoms. The van der Waals surface area contributed by atoms with Gasteiger partial charge in [0, 0.05) is 37.4 Å². The number of amides is 2. The van der Waals surface area contributed by atoms with Crippen LogP contribution in [-0.4, -0.2) is 38.7 Å². The van der Waals surface area contributed by atoms with Crippen molar-refractivity contribution in [3.05, 3.63) is 18.7 Å². The number of hydrogen-bond donors (Lipinski definition) is 3. The van der Waals surface area contributed by atoms with Gasteiger partial charge in [-0.25, -0.2) is 9.78 Å². The molecule has 0 radical (unpaired) electrons. The Kier molecular flexibility index (Phi) is 6.71. The molecule has 7 heteroatoms. The highest BCUT2D eigenvalue weighted by Gasteiger charge is 2.21. The normalized spacial score (nSPS) is 11.1. The lowest BCUT2D eigenvalue weighted by Gasteiger charge is -2.25. The van der Waals surface area contributed by atoms with Gasteiger partial charge < -0.3 is 20.3 Å². The van der Waals surface area contributed by atoms with Crippen molar-refractivity contribution in [2.24, 2.45) is 0 Å². The van der Waals surface area contributed by atoms with Crippen molar-refractivity contribution in [3.8, 4) is 0 Å². The molecule has 21 heavy (non-hydrogen) atoms. The number of carboxylic acid groups (broad SMARTS) is 1. The van der Waals surface area contributed by atoms with Gasteiger partial charge in [0.2, 0.25) is 0 Å². The fraction of sp³-hybridized carbons (Fsp3) is 0.643. The molecule has 0 unspecified atom stereocenters. The molecule has 0 fully saturated rings. The summed E-state index contributed by atoms with van der Waals surface area (Å²) in [6, 6.07) is -0.256. The van der Waals surface area contributed by atoms with E-state index in [0.29, 0.717) is 13.0 Å². The second-order valence-corrected chi connectivity index (χ2v) is 5.67. The summed E-state index contributed by atoms with van der Waals surface area (Å²) in [4.78, 5) is 26.2. The average Bonchev–Trinajstić information content (AvgIpc) is 2.89. The number of nitrogens with one attached hydrogen (secondary N) is 2. The van der Waals surface area contributed by atoms with Gasteiger partial charge in [-0.1, -0.05) is 0 Å². The molecule has 3 N–H and O–H groups in total. The summed E-state index contributed by atoms with van der Waals surface area (Å²) in [6.45, 7) is 5.10. The summed E-state index contributed by atoms with van der Waals surface area (Å²) in [5, 5.41) is 14.2. The van der Waals surface area contributed by atoms with Gasteiger partial charge in [-0.15, -0.1) is 0 Å². The predicted octanol–water partition coefficient (Wildman–Crippen LogP) is 1.61. The quantitative estimate of drug-likeness (QED) is 0.603. The number of carboxylic acids is 1. The van der Waals surface area contributed by atoms with Crippen LogP contribution in [0.1, 0.15) is 39.5 Å². The molecule has 118 valence electrons. The van der Waals surface area contributed by atoms with Crippen LogP contribution in [0.25, 0.3) is 0 Å². The topological polar surface area (TPSA) is 96.3 Å². The summed E-state index contributed by atoms with van der Waals surface area (Å²) in [5.74, 6) is -0.857. The van der Waals surface area contributed by atoms with Gasteiger partial charge in [0.1, 0.15) is 0 Å². The minimum absolute atomic E-state index is 0.0399. The maximum atomic E-state index is 11.7. The first-order chi connectivity index (χ1) is 9.89. The van der Waals surface area contributed by atoms with Crippen molar-refractivity contribution in [1.82, 2.24) is 20.2 Å². The number of carbonyl (C=O) groups is 2. The van der Waals surface area contributed by atoms with E-state index in [2.05, 4.69) is 15.6 Å². The van der Waals surface area contributed by atoms with Crippen LogP contribution < -0.4 is 10.6 Å². The molecule has 0 aliphatic heterocycles. The largest absolute Gasteiger partial charge is 0.481 e. The number of aliphatic carboxylic acids is 1. The summed E-state index contributed by atoms with van der Waals surface area (Å²) in [7, 11) is 0. The van der Waals surface area contributed by atoms with Crippen LogP contribution in [-0.2, 0) is 11.3 Å². The fourth-order valence-corrected chi connectivity index (χ4v) is 1.87. The zero-order valence-electron chi connectivity index (χ0n) is 12.6. The Morgan fingerprint density at radius 3 is 2.71 bits per heavy atom. The predicted molar refractivity (Wildman–Crippen MR) is 78.9 cm³/mol. The molecule has 1 aromatic rings. The molecule has 7 nitrogen and oxygen atoms in total. The number of hydrogen-bond acceptors (Lipinski definition) is 3. The maximum absolute atomic E-state index is 11.7. The summed E-state index contributed by atoms with van der Waals surface area (Å²) >= 11 is 0. The maximum Gasteiger partial charge on any atom is 0.315 e. The summed E-state index contributed by atoms with van der Waals surface area (Å²) in [6.07, 6.45) is 7.69. The number of aromatic nitrogens is 2. The molecule has 1 heterocycles. The Balaban J connectivity index is 2.11. The van der Waals surface area contributed by atoms with Crippen molar-refractivity contribution in [2.45, 2.75) is 51.6 Å². The van der Waals surface area contributed by atoms with Gasteiger partial charge in [-0.3, -0.25) is 4.79 Å². The van der Waals surface area contributed by atoms with Crippen molar-refractivity contribution >= 4 is 12.0 Å². The molecule has 0 atom stereocenters. The Morgan fingerprint density at radius 2 is 2.10 bits per heavy atom. The molecule has 1 rings (SSSR count). The lowest BCUT2D eigenvalue weighted by molar-refractivity contribution is -0.137. The first-order valence-corrected chi connectivity index (χ1v) is 7.12. The van der Waals surface area contributed by atoms with E-state index in [0.717, 1.165) is 19.4 Å². The molecule has 0 saturated carbocycles. The lowest BCUT2D eigenvalue weighted by atomic mass is 9.99. The molecule has 0 saturated heterocycles. The van der Waals surface area contributed by atoms with Gasteiger partial charge >= 0.3 is 12.0 Å². The molecule has 0 aliphatic carbocycles. The standard InChI is InChI=1S/C14H24N4O3/c1-14(2,6-5-12(19)20)17-13(21)16-7-3-4-9-18-10-8-15-11-18/h8,10-11H,3-7,9H2,1-2H3,(H,19,20)(H2,16,17,21). The molecular formula is C14H24N4O3. The second kappa shape index (κ2) is 8.28. The van der Waals surface area contributed by atoms with E-state index in [4.69, 9.17) is 5.11 Å². The van der Waals surface area contributed by atoms with E-state index in [1.54, 1.807) is 12.5 Å². The molecule has 1 aromatic heterocycles. The zero-order chi connectivity index (χ0) is 15.7. The second-order valence-electron chi connectivity index (χ2n) is 5.67. The number of aryl methyl sites for hydroxylation is 1. The SMILES string of the molecule is CC(C)(CCC(=O)O)NC(=O)NCCCCn1ccnc1. The Bertz CT molecular complexity index is 443. The molecule has 0 aliphatic rings. The van der Waals surface area contributed by atoms with Crippen molar-refractivity contribution in [3.63, 3.8) is 0 Å². The van der Waals surface area contributed by atoms with Crippen LogP contribution >= 0.6 is 0 Å². The third-order valence-electron chi connectivity index (χ3n) is 3.10. The van der Waals surface area contributed by atoms with Crippen LogP contribution in [0, 0.1) is 0 Å². The first-order valence-electron chi connectivity index (χ1n) is 7.12. The molecule has 0 aromatic carbocycles. The third-order valence-corrected chi connectivity index (χ3v) is 3.10. The molecule has 0 spiro atoms. The van der Waals surface area contributed by atoms with Crippen LogP contribution in [0.4, 0.5) is 4.79 Å². The van der Waals surface area contributed by atoms with Crippen molar-refractivity contribution in [2.75, 3.05) is 6.54 Å². The van der Waals surface area contributed by atoms with E-state index in [1.165, 1.54) is 0 Å². The lowest BCUT2D eigenvalue weighted by Crippen LogP contribution is -2.48. The fourth-order valence-electron chi connectivity index (χ4n) is 1.87. The van der Waals surface area contributed by atoms with E-state index < -0.39 is 11.5 Å². The van der Waals surface area contributed by atoms with Crippen molar-refractivity contribution < 1.29 is 14.7 Å². The Labute approximate surface area is 124 Å². The first kappa shape index (κ1) is 17.0.